The molecule has 5 nitrogen and oxygen atoms in total. The van der Waals surface area contributed by atoms with E-state index < -0.39 is 0 Å². The molecule has 1 aromatic carbocycles. The Morgan fingerprint density at radius 3 is 2.74 bits per heavy atom. The molecule has 0 spiro atoms. The number of amides is 1. The van der Waals surface area contributed by atoms with Crippen LogP contribution in [0, 0.1) is 5.92 Å². The summed E-state index contributed by atoms with van der Waals surface area (Å²) in [6.45, 7) is 1.95. The SMILES string of the molecule is NC[C@@H]1CN(C(=O)c2cc(C3CC3)on2)C[C@H]1c1ccccc1. The average molecular weight is 311 g/mol. The lowest BCUT2D eigenvalue weighted by Crippen LogP contribution is -2.30. The number of hydrogen-bond acceptors (Lipinski definition) is 4. The molecule has 120 valence electrons. The van der Waals surface area contributed by atoms with Crippen molar-refractivity contribution in [2.24, 2.45) is 11.7 Å². The largest absolute Gasteiger partial charge is 0.360 e. The second kappa shape index (κ2) is 5.81. The lowest BCUT2D eigenvalue weighted by Gasteiger charge is -2.16. The van der Waals surface area contributed by atoms with Gasteiger partial charge in [0.25, 0.3) is 5.91 Å². The highest BCUT2D eigenvalue weighted by atomic mass is 16.5. The van der Waals surface area contributed by atoms with Crippen molar-refractivity contribution in [1.82, 2.24) is 10.1 Å². The third-order valence-corrected chi connectivity index (χ3v) is 4.99. The molecule has 5 heteroatoms. The van der Waals surface area contributed by atoms with Crippen LogP contribution < -0.4 is 5.73 Å². The molecule has 1 aliphatic heterocycles. The van der Waals surface area contributed by atoms with Gasteiger partial charge in [-0.1, -0.05) is 35.5 Å². The summed E-state index contributed by atoms with van der Waals surface area (Å²) in [4.78, 5) is 14.6. The fourth-order valence-electron chi connectivity index (χ4n) is 3.47. The molecule has 1 saturated heterocycles. The summed E-state index contributed by atoms with van der Waals surface area (Å²) >= 11 is 0. The molecule has 2 aromatic rings. The zero-order valence-corrected chi connectivity index (χ0v) is 13.0. The first-order valence-corrected chi connectivity index (χ1v) is 8.27. The van der Waals surface area contributed by atoms with Crippen LogP contribution in [0.1, 0.15) is 46.5 Å². The smallest absolute Gasteiger partial charge is 0.276 e. The van der Waals surface area contributed by atoms with E-state index in [0.29, 0.717) is 37.2 Å². The Morgan fingerprint density at radius 1 is 1.26 bits per heavy atom. The quantitative estimate of drug-likeness (QED) is 0.941. The van der Waals surface area contributed by atoms with Crippen LogP contribution in [0.15, 0.2) is 40.9 Å². The number of benzene rings is 1. The van der Waals surface area contributed by atoms with Crippen LogP contribution >= 0.6 is 0 Å². The van der Waals surface area contributed by atoms with E-state index in [9.17, 15) is 4.79 Å². The first kappa shape index (κ1) is 14.5. The van der Waals surface area contributed by atoms with Gasteiger partial charge in [0.15, 0.2) is 5.69 Å². The van der Waals surface area contributed by atoms with E-state index >= 15 is 0 Å². The zero-order chi connectivity index (χ0) is 15.8. The van der Waals surface area contributed by atoms with E-state index in [4.69, 9.17) is 10.3 Å². The Bertz CT molecular complexity index is 693. The lowest BCUT2D eigenvalue weighted by atomic mass is 9.89. The zero-order valence-electron chi connectivity index (χ0n) is 13.0. The number of aromatic nitrogens is 1. The standard InChI is InChI=1S/C18H21N3O2/c19-9-14-10-21(11-15(14)12-4-2-1-3-5-12)18(22)16-8-17(23-20-16)13-6-7-13/h1-5,8,13-15H,6-7,9-11,19H2/t14-,15+/m1/s1. The average Bonchev–Trinajstić information content (AvgIpc) is 3.17. The summed E-state index contributed by atoms with van der Waals surface area (Å²) < 4.78 is 5.31. The van der Waals surface area contributed by atoms with Crippen molar-refractivity contribution in [2.45, 2.75) is 24.7 Å². The number of hydrogen-bond donors (Lipinski definition) is 1. The Labute approximate surface area is 135 Å². The lowest BCUT2D eigenvalue weighted by molar-refractivity contribution is 0.0776. The van der Waals surface area contributed by atoms with Gasteiger partial charge in [-0.15, -0.1) is 0 Å². The number of nitrogens with two attached hydrogens (primary N) is 1. The normalized spacial score (nSPS) is 24.1. The summed E-state index contributed by atoms with van der Waals surface area (Å²) in [7, 11) is 0. The molecule has 2 atom stereocenters. The minimum Gasteiger partial charge on any atom is -0.360 e. The molecular formula is C18H21N3O2. The predicted octanol–water partition coefficient (Wildman–Crippen LogP) is 2.37. The third kappa shape index (κ3) is 2.77. The Hall–Kier alpha value is -2.14. The highest BCUT2D eigenvalue weighted by Crippen LogP contribution is 2.40. The van der Waals surface area contributed by atoms with Crippen molar-refractivity contribution in [2.75, 3.05) is 19.6 Å². The number of carbonyl (C=O) groups excluding carboxylic acids is 1. The minimum atomic E-state index is -0.0440. The predicted molar refractivity (Wildman–Crippen MR) is 86.1 cm³/mol. The highest BCUT2D eigenvalue weighted by molar-refractivity contribution is 5.92. The number of nitrogens with zero attached hydrogens (tertiary/aromatic N) is 2. The van der Waals surface area contributed by atoms with Gasteiger partial charge in [-0.2, -0.15) is 0 Å². The Balaban J connectivity index is 1.51. The molecule has 0 bridgehead atoms. The van der Waals surface area contributed by atoms with Gasteiger partial charge in [0, 0.05) is 31.0 Å². The molecule has 1 saturated carbocycles. The maximum atomic E-state index is 12.7. The van der Waals surface area contributed by atoms with Gasteiger partial charge in [-0.05, 0) is 30.9 Å². The van der Waals surface area contributed by atoms with Gasteiger partial charge in [-0.25, -0.2) is 0 Å². The van der Waals surface area contributed by atoms with Gasteiger partial charge in [0.1, 0.15) is 5.76 Å². The molecule has 0 radical (unpaired) electrons. The van der Waals surface area contributed by atoms with Crippen molar-refractivity contribution in [3.63, 3.8) is 0 Å². The van der Waals surface area contributed by atoms with E-state index in [1.165, 1.54) is 5.56 Å². The van der Waals surface area contributed by atoms with Crippen molar-refractivity contribution < 1.29 is 9.32 Å². The van der Waals surface area contributed by atoms with E-state index in [1.54, 1.807) is 0 Å². The van der Waals surface area contributed by atoms with Crippen molar-refractivity contribution in [3.05, 3.63) is 53.4 Å². The Kier molecular flexibility index (Phi) is 3.65. The van der Waals surface area contributed by atoms with Crippen molar-refractivity contribution >= 4 is 5.91 Å². The molecule has 1 aromatic heterocycles. The van der Waals surface area contributed by atoms with Crippen molar-refractivity contribution in [1.29, 1.82) is 0 Å². The van der Waals surface area contributed by atoms with Gasteiger partial charge >= 0.3 is 0 Å². The van der Waals surface area contributed by atoms with E-state index in [-0.39, 0.29) is 11.8 Å². The summed E-state index contributed by atoms with van der Waals surface area (Å²) in [5, 5.41) is 3.97. The molecule has 23 heavy (non-hydrogen) atoms. The van der Waals surface area contributed by atoms with Crippen LogP contribution in [0.4, 0.5) is 0 Å². The molecular weight excluding hydrogens is 290 g/mol. The molecule has 1 aliphatic carbocycles. The van der Waals surface area contributed by atoms with Crippen LogP contribution in [0.5, 0.6) is 0 Å². The molecule has 2 heterocycles. The second-order valence-electron chi connectivity index (χ2n) is 6.61. The first-order valence-electron chi connectivity index (χ1n) is 8.27. The van der Waals surface area contributed by atoms with E-state index in [1.807, 2.05) is 29.2 Å². The maximum Gasteiger partial charge on any atom is 0.276 e. The molecule has 2 fully saturated rings. The first-order chi connectivity index (χ1) is 11.3. The monoisotopic (exact) mass is 311 g/mol. The third-order valence-electron chi connectivity index (χ3n) is 4.99. The number of rotatable bonds is 4. The van der Waals surface area contributed by atoms with Crippen LogP contribution in [0.3, 0.4) is 0 Å². The molecule has 0 unspecified atom stereocenters. The Morgan fingerprint density at radius 2 is 2.04 bits per heavy atom. The summed E-state index contributed by atoms with van der Waals surface area (Å²) in [6, 6.07) is 12.1. The fraction of sp³-hybridized carbons (Fsp3) is 0.444. The van der Waals surface area contributed by atoms with Crippen LogP contribution in [0.2, 0.25) is 0 Å². The van der Waals surface area contributed by atoms with Crippen LogP contribution in [-0.2, 0) is 0 Å². The molecule has 4 rings (SSSR count). The summed E-state index contributed by atoms with van der Waals surface area (Å²) in [5.41, 5.74) is 7.62. The maximum absolute atomic E-state index is 12.7. The fourth-order valence-corrected chi connectivity index (χ4v) is 3.47. The van der Waals surface area contributed by atoms with Gasteiger partial charge in [0.2, 0.25) is 0 Å². The van der Waals surface area contributed by atoms with E-state index in [2.05, 4.69) is 17.3 Å². The molecule has 2 aliphatic rings. The van der Waals surface area contributed by atoms with Gasteiger partial charge in [0.05, 0.1) is 0 Å². The molecule has 1 amide bonds. The number of likely N-dealkylation sites (tertiary alicyclic amines) is 1. The summed E-state index contributed by atoms with van der Waals surface area (Å²) in [5.74, 6) is 1.85. The topological polar surface area (TPSA) is 72.4 Å². The van der Waals surface area contributed by atoms with Crippen molar-refractivity contribution in [3.8, 4) is 0 Å². The van der Waals surface area contributed by atoms with Gasteiger partial charge < -0.3 is 15.2 Å². The number of carbonyl (C=O) groups is 1. The van der Waals surface area contributed by atoms with Crippen LogP contribution in [-0.4, -0.2) is 35.6 Å². The summed E-state index contributed by atoms with van der Waals surface area (Å²) in [6.07, 6.45) is 2.27. The van der Waals surface area contributed by atoms with E-state index in [0.717, 1.165) is 18.6 Å². The second-order valence-corrected chi connectivity index (χ2v) is 6.61. The van der Waals surface area contributed by atoms with Crippen LogP contribution in [0.25, 0.3) is 0 Å². The highest BCUT2D eigenvalue weighted by Gasteiger charge is 2.37. The van der Waals surface area contributed by atoms with Gasteiger partial charge in [-0.3, -0.25) is 4.79 Å². The molecule has 2 N–H and O–H groups in total. The minimum absolute atomic E-state index is 0.0440.